The van der Waals surface area contributed by atoms with Gasteiger partial charge in [-0.15, -0.1) is 0 Å². The van der Waals surface area contributed by atoms with Crippen LogP contribution in [0.25, 0.3) is 4.85 Å². The van der Waals surface area contributed by atoms with Crippen molar-refractivity contribution in [1.82, 2.24) is 14.2 Å². The number of hydrogen-bond donors (Lipinski definition) is 1. The highest BCUT2D eigenvalue weighted by atomic mass is 31.2. The lowest BCUT2D eigenvalue weighted by molar-refractivity contribution is -0.120. The van der Waals surface area contributed by atoms with Crippen molar-refractivity contribution in [2.45, 2.75) is 78.0 Å². The summed E-state index contributed by atoms with van der Waals surface area (Å²) in [5, 5.41) is 2.71. The number of carbonyl (C=O) groups excluding carboxylic acids is 1. The Morgan fingerprint density at radius 2 is 2.05 bits per heavy atom. The second-order valence-corrected chi connectivity index (χ2v) is 11.6. The molecule has 1 aliphatic rings. The molecule has 40 heavy (non-hydrogen) atoms. The van der Waals surface area contributed by atoms with E-state index in [1.54, 1.807) is 37.4 Å². The minimum Gasteiger partial charge on any atom is -0.382 e. The second kappa shape index (κ2) is 14.3. The zero-order valence-corrected chi connectivity index (χ0v) is 24.9. The molecule has 1 amide bonds. The van der Waals surface area contributed by atoms with Crippen molar-refractivity contribution in [2.75, 3.05) is 32.2 Å². The highest BCUT2D eigenvalue weighted by Gasteiger charge is 2.49. The third kappa shape index (κ3) is 7.72. The van der Waals surface area contributed by atoms with E-state index in [0.717, 1.165) is 0 Å². The van der Waals surface area contributed by atoms with Crippen LogP contribution < -0.4 is 11.0 Å². The minimum atomic E-state index is -1.62. The summed E-state index contributed by atoms with van der Waals surface area (Å²) in [6.07, 6.45) is 0.403. The van der Waals surface area contributed by atoms with Crippen LogP contribution in [0.3, 0.4) is 0 Å². The zero-order valence-electron chi connectivity index (χ0n) is 25.0. The number of methoxy groups -OCH3 is 1. The lowest BCUT2D eigenvalue weighted by Crippen LogP contribution is -2.43. The number of aromatic nitrogens is 2. The molecule has 3 rings (SSSR count). The molecule has 0 bridgehead atoms. The first kappa shape index (κ1) is 30.3. The van der Waals surface area contributed by atoms with E-state index in [0.29, 0.717) is 11.1 Å². The summed E-state index contributed by atoms with van der Waals surface area (Å²) >= 11 is 0. The molecule has 0 radical (unpaired) electrons. The Bertz CT molecular complexity index is 1250. The molecule has 1 aromatic heterocycles. The first-order valence-electron chi connectivity index (χ1n) is 13.9. The molecule has 2 heterocycles. The Kier molecular flexibility index (Phi) is 10.8. The molecule has 1 fully saturated rings. The molecule has 1 unspecified atom stereocenters. The molecule has 1 N–H and O–H groups in total. The summed E-state index contributed by atoms with van der Waals surface area (Å²) < 4.78 is 36.4. The van der Waals surface area contributed by atoms with Crippen LogP contribution in [0.2, 0.25) is 0 Å². The Morgan fingerprint density at radius 3 is 2.65 bits per heavy atom. The molecule has 1 aromatic carbocycles. The SMILES string of the molecule is [2H]C[C@@]1(COC)O[C@@H](n2cc(C)c(NC(=O)c3ccccc3)nc2=O)C[C@@H]1OP(OCC[N+]#[C-])N(C(C)C)C(C)C. The Labute approximate surface area is 239 Å². The van der Waals surface area contributed by atoms with E-state index in [9.17, 15) is 9.59 Å². The van der Waals surface area contributed by atoms with Gasteiger partial charge in [0.05, 0.1) is 6.61 Å². The molecule has 1 saturated heterocycles. The van der Waals surface area contributed by atoms with Crippen molar-refractivity contribution in [1.29, 1.82) is 0 Å². The van der Waals surface area contributed by atoms with Gasteiger partial charge in [-0.2, -0.15) is 4.98 Å². The standard InChI is InChI=1S/C28H40N5O6P/c1-19(2)33(20(3)4)40(37-15-14-29-7)39-23-16-24(38-28(23,6)18-36-8)32-17-21(5)25(31-27(32)35)30-26(34)22-12-10-9-11-13-22/h9-13,17,19-20,23-24H,14-16,18H2,1-6,8H3,(H,30,31,34,35)/t23-,24+,28-,40?/m0/s1/i6D. The van der Waals surface area contributed by atoms with E-state index in [1.807, 2.05) is 33.8 Å². The number of nitrogens with zero attached hydrogens (tertiary/aromatic N) is 4. The summed E-state index contributed by atoms with van der Waals surface area (Å²) in [4.78, 5) is 33.4. The third-order valence-electron chi connectivity index (χ3n) is 6.34. The monoisotopic (exact) mass is 574 g/mol. The van der Waals surface area contributed by atoms with Gasteiger partial charge in [-0.05, 0) is 53.7 Å². The predicted molar refractivity (Wildman–Crippen MR) is 154 cm³/mol. The quantitative estimate of drug-likeness (QED) is 0.207. The summed E-state index contributed by atoms with van der Waals surface area (Å²) in [7, 11) is -0.0944. The normalized spacial score (nSPS) is 21.9. The fourth-order valence-corrected chi connectivity index (χ4v) is 6.33. The smallest absolute Gasteiger partial charge is 0.351 e. The van der Waals surface area contributed by atoms with Crippen molar-refractivity contribution in [3.63, 3.8) is 0 Å². The summed E-state index contributed by atoms with van der Waals surface area (Å²) in [5.74, 6) is -0.209. The van der Waals surface area contributed by atoms with E-state index in [1.165, 1.54) is 11.7 Å². The molecular weight excluding hydrogens is 533 g/mol. The van der Waals surface area contributed by atoms with Crippen LogP contribution in [0.15, 0.2) is 41.3 Å². The number of amides is 1. The van der Waals surface area contributed by atoms with Gasteiger partial charge < -0.3 is 28.7 Å². The topological polar surface area (TPSA) is 109 Å². The molecule has 0 spiro atoms. The number of benzene rings is 1. The maximum atomic E-state index is 13.2. The number of carbonyl (C=O) groups is 1. The number of nitrogens with one attached hydrogen (secondary N) is 1. The predicted octanol–water partition coefficient (Wildman–Crippen LogP) is 4.79. The van der Waals surface area contributed by atoms with E-state index >= 15 is 0 Å². The summed E-state index contributed by atoms with van der Waals surface area (Å²) in [6.45, 7) is 17.3. The van der Waals surface area contributed by atoms with Gasteiger partial charge in [0.2, 0.25) is 6.54 Å². The fourth-order valence-electron chi connectivity index (χ4n) is 4.54. The Balaban J connectivity index is 1.90. The number of anilines is 1. The van der Waals surface area contributed by atoms with Crippen molar-refractivity contribution < 1.29 is 24.7 Å². The molecular formula is C28H40N5O6P. The molecule has 12 heteroatoms. The number of aryl methyl sites for hydroxylation is 1. The largest absolute Gasteiger partial charge is 0.382 e. The van der Waals surface area contributed by atoms with Crippen LogP contribution in [0.1, 0.15) is 64.5 Å². The fraction of sp³-hybridized carbons (Fsp3) is 0.571. The zero-order chi connectivity index (χ0) is 30.2. The molecule has 218 valence electrons. The average Bonchev–Trinajstić information content (AvgIpc) is 3.28. The van der Waals surface area contributed by atoms with Gasteiger partial charge in [-0.3, -0.25) is 9.36 Å². The van der Waals surface area contributed by atoms with Gasteiger partial charge in [-0.25, -0.2) is 16.0 Å². The number of ether oxygens (including phenoxy) is 2. The van der Waals surface area contributed by atoms with Gasteiger partial charge in [0.25, 0.3) is 14.4 Å². The summed E-state index contributed by atoms with van der Waals surface area (Å²) in [5.41, 5.74) is -0.761. The minimum absolute atomic E-state index is 0.0681. The van der Waals surface area contributed by atoms with Gasteiger partial charge in [-0.1, -0.05) is 18.2 Å². The lowest BCUT2D eigenvalue weighted by Gasteiger charge is -2.39. The maximum Gasteiger partial charge on any atom is 0.351 e. The summed E-state index contributed by atoms with van der Waals surface area (Å²) in [6, 6.07) is 8.85. The molecule has 0 aliphatic carbocycles. The van der Waals surface area contributed by atoms with Gasteiger partial charge in [0, 0.05) is 44.3 Å². The molecule has 4 atom stereocenters. The molecule has 0 saturated carbocycles. The number of hydrogen-bond acceptors (Lipinski definition) is 8. The molecule has 11 nitrogen and oxygen atoms in total. The Morgan fingerprint density at radius 1 is 1.35 bits per heavy atom. The van der Waals surface area contributed by atoms with Gasteiger partial charge in [0.1, 0.15) is 30.4 Å². The van der Waals surface area contributed by atoms with Crippen LogP contribution in [0, 0.1) is 13.5 Å². The van der Waals surface area contributed by atoms with E-state index in [2.05, 4.69) is 19.8 Å². The second-order valence-electron chi connectivity index (χ2n) is 10.2. The van der Waals surface area contributed by atoms with Crippen LogP contribution in [-0.4, -0.2) is 70.8 Å². The average molecular weight is 575 g/mol. The van der Waals surface area contributed by atoms with Gasteiger partial charge in [0.15, 0.2) is 0 Å². The van der Waals surface area contributed by atoms with Crippen LogP contribution in [0.5, 0.6) is 0 Å². The first-order valence-corrected chi connectivity index (χ1v) is 14.3. The van der Waals surface area contributed by atoms with Gasteiger partial charge >= 0.3 is 5.69 Å². The van der Waals surface area contributed by atoms with Crippen LogP contribution in [-0.2, 0) is 18.5 Å². The van der Waals surface area contributed by atoms with Crippen molar-refractivity contribution >= 4 is 20.3 Å². The third-order valence-corrected chi connectivity index (χ3v) is 8.48. The molecule has 1 aliphatic heterocycles. The maximum absolute atomic E-state index is 13.2. The Hall–Kier alpha value is -2.71. The van der Waals surface area contributed by atoms with Crippen molar-refractivity contribution in [2.24, 2.45) is 0 Å². The van der Waals surface area contributed by atoms with E-state index < -0.39 is 32.1 Å². The van der Waals surface area contributed by atoms with Crippen LogP contribution >= 0.6 is 8.53 Å². The van der Waals surface area contributed by atoms with Crippen LogP contribution in [0.4, 0.5) is 5.82 Å². The van der Waals surface area contributed by atoms with E-state index in [-0.39, 0.29) is 56.9 Å². The number of rotatable bonds is 13. The van der Waals surface area contributed by atoms with Crippen molar-refractivity contribution in [3.05, 3.63) is 69.6 Å². The lowest BCUT2D eigenvalue weighted by atomic mass is 10.0. The van der Waals surface area contributed by atoms with E-state index in [4.69, 9.17) is 26.5 Å². The highest BCUT2D eigenvalue weighted by molar-refractivity contribution is 7.44. The molecule has 2 aromatic rings. The highest BCUT2D eigenvalue weighted by Crippen LogP contribution is 2.51. The van der Waals surface area contributed by atoms with Crippen molar-refractivity contribution in [3.8, 4) is 0 Å². The first-order chi connectivity index (χ1) is 19.6.